The summed E-state index contributed by atoms with van der Waals surface area (Å²) in [5.41, 5.74) is 3.66. The Balaban J connectivity index is 2.03. The van der Waals surface area contributed by atoms with E-state index < -0.39 is 0 Å². The number of halogens is 1. The number of rotatable bonds is 5. The molecule has 0 bridgehead atoms. The summed E-state index contributed by atoms with van der Waals surface area (Å²) in [6.45, 7) is 5.22. The van der Waals surface area contributed by atoms with E-state index in [1.165, 1.54) is 29.4 Å². The fourth-order valence-corrected chi connectivity index (χ4v) is 3.24. The van der Waals surface area contributed by atoms with E-state index in [9.17, 15) is 0 Å². The summed E-state index contributed by atoms with van der Waals surface area (Å²) in [5, 5.41) is 4.84. The van der Waals surface area contributed by atoms with Crippen LogP contribution in [0.15, 0.2) is 21.0 Å². The second-order valence-electron chi connectivity index (χ2n) is 5.53. The van der Waals surface area contributed by atoms with Crippen molar-refractivity contribution < 1.29 is 4.42 Å². The molecule has 1 aliphatic rings. The van der Waals surface area contributed by atoms with Crippen LogP contribution in [0.3, 0.4) is 0 Å². The first-order valence-corrected chi connectivity index (χ1v) is 7.92. The van der Waals surface area contributed by atoms with Gasteiger partial charge in [-0.3, -0.25) is 0 Å². The quantitative estimate of drug-likeness (QED) is 0.862. The maximum atomic E-state index is 6.11. The van der Waals surface area contributed by atoms with Gasteiger partial charge in [0.2, 0.25) is 0 Å². The minimum absolute atomic E-state index is 0.716. The molecule has 1 N–H and O–H groups in total. The third kappa shape index (κ3) is 2.72. The SMILES string of the molecule is CCCc1c(CNC2CC2)oc2c(Br)cc(C)cc12. The minimum atomic E-state index is 0.716. The van der Waals surface area contributed by atoms with Crippen molar-refractivity contribution >= 4 is 26.9 Å². The van der Waals surface area contributed by atoms with Crippen LogP contribution in [0, 0.1) is 6.92 Å². The topological polar surface area (TPSA) is 25.2 Å². The van der Waals surface area contributed by atoms with Crippen molar-refractivity contribution in [3.63, 3.8) is 0 Å². The number of furan rings is 1. The molecule has 0 saturated heterocycles. The smallest absolute Gasteiger partial charge is 0.148 e. The highest BCUT2D eigenvalue weighted by molar-refractivity contribution is 9.10. The lowest BCUT2D eigenvalue weighted by Crippen LogP contribution is -2.15. The molecule has 0 amide bonds. The van der Waals surface area contributed by atoms with Gasteiger partial charge in [-0.25, -0.2) is 0 Å². The van der Waals surface area contributed by atoms with Crippen LogP contribution in [0.1, 0.15) is 43.1 Å². The van der Waals surface area contributed by atoms with E-state index in [0.717, 1.165) is 35.2 Å². The molecule has 0 aliphatic heterocycles. The van der Waals surface area contributed by atoms with Crippen molar-refractivity contribution in [1.29, 1.82) is 0 Å². The normalized spacial score (nSPS) is 15.3. The highest BCUT2D eigenvalue weighted by Gasteiger charge is 2.22. The largest absolute Gasteiger partial charge is 0.458 e. The first kappa shape index (κ1) is 13.2. The maximum absolute atomic E-state index is 6.11. The summed E-state index contributed by atoms with van der Waals surface area (Å²) in [5.74, 6) is 1.12. The Hall–Kier alpha value is -0.800. The molecule has 19 heavy (non-hydrogen) atoms. The molecule has 0 unspecified atom stereocenters. The maximum Gasteiger partial charge on any atom is 0.148 e. The number of fused-ring (bicyclic) bond motifs is 1. The predicted molar refractivity (Wildman–Crippen MR) is 82.5 cm³/mol. The Morgan fingerprint density at radius 3 is 2.84 bits per heavy atom. The van der Waals surface area contributed by atoms with Gasteiger partial charge in [-0.1, -0.05) is 13.3 Å². The molecule has 2 aromatic rings. The van der Waals surface area contributed by atoms with Gasteiger partial charge in [0.15, 0.2) is 0 Å². The van der Waals surface area contributed by atoms with Crippen molar-refractivity contribution in [2.24, 2.45) is 0 Å². The molecule has 2 nitrogen and oxygen atoms in total. The third-order valence-electron chi connectivity index (χ3n) is 3.70. The summed E-state index contributed by atoms with van der Waals surface area (Å²) in [7, 11) is 0. The Labute approximate surface area is 122 Å². The van der Waals surface area contributed by atoms with Crippen LogP contribution < -0.4 is 5.32 Å². The lowest BCUT2D eigenvalue weighted by atomic mass is 10.0. The van der Waals surface area contributed by atoms with E-state index in [-0.39, 0.29) is 0 Å². The second-order valence-corrected chi connectivity index (χ2v) is 6.39. The molecule has 102 valence electrons. The summed E-state index contributed by atoms with van der Waals surface area (Å²) < 4.78 is 7.17. The van der Waals surface area contributed by atoms with E-state index in [0.29, 0.717) is 6.04 Å². The lowest BCUT2D eigenvalue weighted by molar-refractivity contribution is 0.505. The zero-order valence-corrected chi connectivity index (χ0v) is 13.1. The van der Waals surface area contributed by atoms with E-state index in [1.54, 1.807) is 0 Å². The van der Waals surface area contributed by atoms with E-state index in [2.05, 4.69) is 47.2 Å². The zero-order chi connectivity index (χ0) is 13.4. The first-order valence-electron chi connectivity index (χ1n) is 7.12. The second kappa shape index (κ2) is 5.29. The molecule has 1 saturated carbocycles. The van der Waals surface area contributed by atoms with Crippen LogP contribution in [-0.2, 0) is 13.0 Å². The van der Waals surface area contributed by atoms with Crippen LogP contribution in [0.2, 0.25) is 0 Å². The first-order chi connectivity index (χ1) is 9.19. The molecule has 1 heterocycles. The average molecular weight is 322 g/mol. The van der Waals surface area contributed by atoms with E-state index in [1.807, 2.05) is 0 Å². The van der Waals surface area contributed by atoms with Crippen molar-refractivity contribution in [2.45, 2.75) is 52.1 Å². The highest BCUT2D eigenvalue weighted by atomic mass is 79.9. The van der Waals surface area contributed by atoms with Gasteiger partial charge in [-0.05, 0) is 59.8 Å². The van der Waals surface area contributed by atoms with Gasteiger partial charge in [-0.2, -0.15) is 0 Å². The van der Waals surface area contributed by atoms with Crippen LogP contribution in [0.25, 0.3) is 11.0 Å². The van der Waals surface area contributed by atoms with Crippen LogP contribution in [-0.4, -0.2) is 6.04 Å². The van der Waals surface area contributed by atoms with Gasteiger partial charge in [0.05, 0.1) is 11.0 Å². The number of aryl methyl sites for hydroxylation is 2. The zero-order valence-electron chi connectivity index (χ0n) is 11.6. The molecule has 0 atom stereocenters. The number of benzene rings is 1. The van der Waals surface area contributed by atoms with Crippen molar-refractivity contribution in [1.82, 2.24) is 5.32 Å². The molecule has 1 fully saturated rings. The molecule has 0 spiro atoms. The van der Waals surface area contributed by atoms with Crippen molar-refractivity contribution in [2.75, 3.05) is 0 Å². The molecular weight excluding hydrogens is 302 g/mol. The van der Waals surface area contributed by atoms with Gasteiger partial charge < -0.3 is 9.73 Å². The summed E-state index contributed by atoms with van der Waals surface area (Å²) >= 11 is 3.62. The molecule has 1 aromatic carbocycles. The molecule has 0 radical (unpaired) electrons. The van der Waals surface area contributed by atoms with Gasteiger partial charge in [-0.15, -0.1) is 0 Å². The fourth-order valence-electron chi connectivity index (χ4n) is 2.58. The average Bonchev–Trinajstić information content (AvgIpc) is 3.13. The number of hydrogen-bond acceptors (Lipinski definition) is 2. The van der Waals surface area contributed by atoms with Crippen LogP contribution in [0.4, 0.5) is 0 Å². The Morgan fingerprint density at radius 2 is 2.16 bits per heavy atom. The Bertz CT molecular complexity index is 598. The van der Waals surface area contributed by atoms with Gasteiger partial charge in [0.25, 0.3) is 0 Å². The molecule has 3 heteroatoms. The molecule has 1 aromatic heterocycles. The van der Waals surface area contributed by atoms with E-state index in [4.69, 9.17) is 4.42 Å². The van der Waals surface area contributed by atoms with Gasteiger partial charge in [0, 0.05) is 17.0 Å². The van der Waals surface area contributed by atoms with Gasteiger partial charge in [0.1, 0.15) is 11.3 Å². The third-order valence-corrected chi connectivity index (χ3v) is 4.29. The number of hydrogen-bond donors (Lipinski definition) is 1. The van der Waals surface area contributed by atoms with Crippen LogP contribution >= 0.6 is 15.9 Å². The monoisotopic (exact) mass is 321 g/mol. The molecule has 1 aliphatic carbocycles. The lowest BCUT2D eigenvalue weighted by Gasteiger charge is -2.03. The predicted octanol–water partition coefficient (Wildman–Crippen LogP) is 4.71. The standard InChI is InChI=1S/C16H20BrNO/c1-3-4-12-13-7-10(2)8-14(17)16(13)19-15(12)9-18-11-5-6-11/h7-8,11,18H,3-6,9H2,1-2H3. The molecule has 3 rings (SSSR count). The van der Waals surface area contributed by atoms with Crippen molar-refractivity contribution in [3.05, 3.63) is 33.5 Å². The number of nitrogens with one attached hydrogen (secondary N) is 1. The molecular formula is C16H20BrNO. The van der Waals surface area contributed by atoms with Crippen LogP contribution in [0.5, 0.6) is 0 Å². The summed E-state index contributed by atoms with van der Waals surface area (Å²) in [6, 6.07) is 5.09. The Morgan fingerprint density at radius 1 is 1.37 bits per heavy atom. The summed E-state index contributed by atoms with van der Waals surface area (Å²) in [4.78, 5) is 0. The minimum Gasteiger partial charge on any atom is -0.458 e. The van der Waals surface area contributed by atoms with Crippen molar-refractivity contribution in [3.8, 4) is 0 Å². The fraction of sp³-hybridized carbons (Fsp3) is 0.500. The highest BCUT2D eigenvalue weighted by Crippen LogP contribution is 2.34. The Kier molecular flexibility index (Phi) is 3.68. The van der Waals surface area contributed by atoms with E-state index >= 15 is 0 Å². The summed E-state index contributed by atoms with van der Waals surface area (Å²) in [6.07, 6.45) is 4.86. The van der Waals surface area contributed by atoms with Gasteiger partial charge >= 0.3 is 0 Å².